The summed E-state index contributed by atoms with van der Waals surface area (Å²) in [7, 11) is 0. The van der Waals surface area contributed by atoms with E-state index in [9.17, 15) is 0 Å². The molecule has 0 spiro atoms. The van der Waals surface area contributed by atoms with Crippen molar-refractivity contribution in [2.24, 2.45) is 0 Å². The van der Waals surface area contributed by atoms with Crippen molar-refractivity contribution in [2.45, 2.75) is 10.6 Å². The van der Waals surface area contributed by atoms with Crippen LogP contribution in [0.1, 0.15) is 5.56 Å². The lowest BCUT2D eigenvalue weighted by Crippen LogP contribution is -1.91. The SMILES string of the molecule is SC(Br)Cc1ccccc1. The molecule has 0 saturated heterocycles. The zero-order valence-corrected chi connectivity index (χ0v) is 7.98. The van der Waals surface area contributed by atoms with E-state index in [1.807, 2.05) is 18.2 Å². The normalized spacial score (nSPS) is 13.0. The standard InChI is InChI=1S/C8H9BrS/c9-8(10)6-7-4-2-1-3-5-7/h1-5,8,10H,6H2. The highest BCUT2D eigenvalue weighted by Crippen LogP contribution is 2.11. The maximum absolute atomic E-state index is 4.23. The van der Waals surface area contributed by atoms with Crippen LogP contribution >= 0.6 is 28.6 Å². The number of thiol groups is 1. The van der Waals surface area contributed by atoms with Gasteiger partial charge in [-0.2, -0.15) is 12.6 Å². The Morgan fingerprint density at radius 1 is 1.30 bits per heavy atom. The Morgan fingerprint density at radius 2 is 1.90 bits per heavy atom. The lowest BCUT2D eigenvalue weighted by atomic mass is 10.2. The first kappa shape index (κ1) is 8.15. The van der Waals surface area contributed by atoms with Gasteiger partial charge in [-0.25, -0.2) is 0 Å². The molecule has 0 heterocycles. The maximum Gasteiger partial charge on any atom is 0.0610 e. The summed E-state index contributed by atoms with van der Waals surface area (Å²) in [5, 5.41) is 0. The van der Waals surface area contributed by atoms with Crippen LogP contribution in [-0.4, -0.2) is 4.16 Å². The average Bonchev–Trinajstić information content (AvgIpc) is 1.88. The summed E-state index contributed by atoms with van der Waals surface area (Å²) in [5.74, 6) is 0. The third-order valence-electron chi connectivity index (χ3n) is 1.25. The minimum atomic E-state index is 0.273. The molecule has 0 aliphatic carbocycles. The lowest BCUT2D eigenvalue weighted by Gasteiger charge is -2.00. The Hall–Kier alpha value is 0.0500. The maximum atomic E-state index is 4.23. The van der Waals surface area contributed by atoms with Gasteiger partial charge in [-0.3, -0.25) is 0 Å². The molecule has 2 heteroatoms. The molecule has 1 aromatic carbocycles. The number of halogens is 1. The van der Waals surface area contributed by atoms with Crippen molar-refractivity contribution < 1.29 is 0 Å². The van der Waals surface area contributed by atoms with Crippen molar-refractivity contribution in [3.8, 4) is 0 Å². The first-order chi connectivity index (χ1) is 4.79. The Morgan fingerprint density at radius 3 is 2.40 bits per heavy atom. The number of benzene rings is 1. The van der Waals surface area contributed by atoms with Crippen LogP contribution in [0.3, 0.4) is 0 Å². The van der Waals surface area contributed by atoms with Crippen LogP contribution in [-0.2, 0) is 6.42 Å². The van der Waals surface area contributed by atoms with Gasteiger partial charge in [0.2, 0.25) is 0 Å². The molecule has 0 aliphatic heterocycles. The molecule has 0 N–H and O–H groups in total. The minimum Gasteiger partial charge on any atom is -0.164 e. The van der Waals surface area contributed by atoms with Crippen molar-refractivity contribution >= 4 is 28.6 Å². The molecule has 1 atom stereocenters. The van der Waals surface area contributed by atoms with Crippen LogP contribution in [0.25, 0.3) is 0 Å². The van der Waals surface area contributed by atoms with Gasteiger partial charge in [0.15, 0.2) is 0 Å². The summed E-state index contributed by atoms with van der Waals surface area (Å²) in [4.78, 5) is 0. The van der Waals surface area contributed by atoms with Crippen molar-refractivity contribution in [3.63, 3.8) is 0 Å². The molecule has 1 unspecified atom stereocenters. The highest BCUT2D eigenvalue weighted by Gasteiger charge is 1.96. The van der Waals surface area contributed by atoms with Crippen LogP contribution in [0.5, 0.6) is 0 Å². The van der Waals surface area contributed by atoms with Crippen molar-refractivity contribution in [1.29, 1.82) is 0 Å². The van der Waals surface area contributed by atoms with Gasteiger partial charge in [-0.15, -0.1) is 0 Å². The highest BCUT2D eigenvalue weighted by molar-refractivity contribution is 9.11. The van der Waals surface area contributed by atoms with Crippen LogP contribution in [0.2, 0.25) is 0 Å². The van der Waals surface area contributed by atoms with E-state index >= 15 is 0 Å². The van der Waals surface area contributed by atoms with E-state index in [1.54, 1.807) is 0 Å². The summed E-state index contributed by atoms with van der Waals surface area (Å²) in [5.41, 5.74) is 1.32. The van der Waals surface area contributed by atoms with Crippen molar-refractivity contribution in [2.75, 3.05) is 0 Å². The minimum absolute atomic E-state index is 0.273. The average molecular weight is 217 g/mol. The van der Waals surface area contributed by atoms with Crippen molar-refractivity contribution in [1.82, 2.24) is 0 Å². The lowest BCUT2D eigenvalue weighted by molar-refractivity contribution is 1.13. The molecule has 0 nitrogen and oxygen atoms in total. The highest BCUT2D eigenvalue weighted by atomic mass is 79.9. The molecule has 0 aromatic heterocycles. The van der Waals surface area contributed by atoms with Crippen LogP contribution in [0, 0.1) is 0 Å². The first-order valence-corrected chi connectivity index (χ1v) is 4.58. The number of hydrogen-bond acceptors (Lipinski definition) is 1. The molecule has 0 bridgehead atoms. The monoisotopic (exact) mass is 216 g/mol. The largest absolute Gasteiger partial charge is 0.164 e. The number of rotatable bonds is 2. The summed E-state index contributed by atoms with van der Waals surface area (Å²) in [6.07, 6.45) is 0.976. The Kier molecular flexibility index (Phi) is 3.29. The van der Waals surface area contributed by atoms with Gasteiger partial charge in [-0.05, 0) is 12.0 Å². The van der Waals surface area contributed by atoms with Crippen LogP contribution < -0.4 is 0 Å². The fraction of sp³-hybridized carbons (Fsp3) is 0.250. The molecule has 0 aliphatic rings. The molecule has 0 fully saturated rings. The smallest absolute Gasteiger partial charge is 0.0610 e. The van der Waals surface area contributed by atoms with Gasteiger partial charge in [0.05, 0.1) is 4.16 Å². The molecule has 10 heavy (non-hydrogen) atoms. The topological polar surface area (TPSA) is 0 Å². The van der Waals surface area contributed by atoms with E-state index in [0.717, 1.165) is 6.42 Å². The predicted molar refractivity (Wildman–Crippen MR) is 51.8 cm³/mol. The first-order valence-electron chi connectivity index (χ1n) is 3.15. The van der Waals surface area contributed by atoms with Crippen LogP contribution in [0.15, 0.2) is 30.3 Å². The van der Waals surface area contributed by atoms with Gasteiger partial charge in [-0.1, -0.05) is 46.3 Å². The Bertz CT molecular complexity index is 184. The molecule has 1 rings (SSSR count). The predicted octanol–water partition coefficient (Wildman–Crippen LogP) is 2.88. The summed E-state index contributed by atoms with van der Waals surface area (Å²) in [6.45, 7) is 0. The third-order valence-corrected chi connectivity index (χ3v) is 1.75. The molecular formula is C8H9BrS. The second kappa shape index (κ2) is 4.04. The van der Waals surface area contributed by atoms with E-state index in [0.29, 0.717) is 0 Å². The van der Waals surface area contributed by atoms with Gasteiger partial charge < -0.3 is 0 Å². The van der Waals surface area contributed by atoms with E-state index in [-0.39, 0.29) is 4.16 Å². The number of alkyl halides is 1. The quantitative estimate of drug-likeness (QED) is 0.571. The molecule has 0 radical (unpaired) electrons. The molecule has 54 valence electrons. The Balaban J connectivity index is 2.59. The molecule has 1 aromatic rings. The summed E-state index contributed by atoms with van der Waals surface area (Å²) < 4.78 is 0.273. The molecule has 0 amide bonds. The van der Waals surface area contributed by atoms with E-state index in [2.05, 4.69) is 40.7 Å². The fourth-order valence-corrected chi connectivity index (χ4v) is 1.39. The zero-order chi connectivity index (χ0) is 7.40. The molecule has 0 saturated carbocycles. The van der Waals surface area contributed by atoms with Crippen molar-refractivity contribution in [3.05, 3.63) is 35.9 Å². The van der Waals surface area contributed by atoms with E-state index in [4.69, 9.17) is 0 Å². The Labute approximate surface area is 75.2 Å². The second-order valence-corrected chi connectivity index (χ2v) is 4.56. The van der Waals surface area contributed by atoms with Gasteiger partial charge in [0.1, 0.15) is 0 Å². The molecular weight excluding hydrogens is 208 g/mol. The van der Waals surface area contributed by atoms with E-state index in [1.165, 1.54) is 5.56 Å². The van der Waals surface area contributed by atoms with Gasteiger partial charge in [0, 0.05) is 0 Å². The summed E-state index contributed by atoms with van der Waals surface area (Å²) in [6, 6.07) is 10.3. The second-order valence-electron chi connectivity index (χ2n) is 2.12. The fourth-order valence-electron chi connectivity index (χ4n) is 0.809. The third kappa shape index (κ3) is 2.76. The van der Waals surface area contributed by atoms with Gasteiger partial charge in [0.25, 0.3) is 0 Å². The van der Waals surface area contributed by atoms with Gasteiger partial charge >= 0.3 is 0 Å². The summed E-state index contributed by atoms with van der Waals surface area (Å²) >= 11 is 7.60. The van der Waals surface area contributed by atoms with E-state index < -0.39 is 0 Å². The van der Waals surface area contributed by atoms with Crippen LogP contribution in [0.4, 0.5) is 0 Å². The number of hydrogen-bond donors (Lipinski definition) is 1. The zero-order valence-electron chi connectivity index (χ0n) is 5.50.